The number of nitrogens with zero attached hydrogens (tertiary/aromatic N) is 2. The second-order valence-electron chi connectivity index (χ2n) is 3.42. The van der Waals surface area contributed by atoms with Crippen LogP contribution in [0, 0.1) is 5.41 Å². The Bertz CT molecular complexity index is 414. The van der Waals surface area contributed by atoms with E-state index in [0.717, 1.165) is 5.69 Å². The number of H-pyrrole nitrogens is 1. The predicted octanol–water partition coefficient (Wildman–Crippen LogP) is 2.25. The van der Waals surface area contributed by atoms with E-state index in [4.69, 9.17) is 11.1 Å². The number of aromatic nitrogens is 2. The van der Waals surface area contributed by atoms with Crippen molar-refractivity contribution in [3.63, 3.8) is 0 Å². The van der Waals surface area contributed by atoms with Crippen molar-refractivity contribution < 1.29 is 0 Å². The fourth-order valence-corrected chi connectivity index (χ4v) is 1.18. The first kappa shape index (κ1) is 12.2. The Morgan fingerprint density at radius 3 is 3.06 bits per heavy atom. The summed E-state index contributed by atoms with van der Waals surface area (Å²) < 4.78 is 0. The van der Waals surface area contributed by atoms with Gasteiger partial charge in [-0.1, -0.05) is 13.0 Å². The molecule has 0 aliphatic heterocycles. The molecule has 0 bridgehead atoms. The first-order valence-corrected chi connectivity index (χ1v) is 5.23. The lowest BCUT2D eigenvalue weighted by molar-refractivity contribution is 1.07. The van der Waals surface area contributed by atoms with Gasteiger partial charge in [0.1, 0.15) is 5.84 Å². The van der Waals surface area contributed by atoms with Gasteiger partial charge in [-0.05, 0) is 19.4 Å². The van der Waals surface area contributed by atoms with Crippen molar-refractivity contribution in [2.75, 3.05) is 0 Å². The molecule has 1 rings (SSSR count). The van der Waals surface area contributed by atoms with E-state index in [1.165, 1.54) is 0 Å². The van der Waals surface area contributed by atoms with Crippen molar-refractivity contribution in [2.45, 2.75) is 26.7 Å². The van der Waals surface area contributed by atoms with E-state index >= 15 is 0 Å². The van der Waals surface area contributed by atoms with Crippen molar-refractivity contribution in [3.8, 4) is 0 Å². The number of nitrogens with one attached hydrogen (secondary N) is 2. The van der Waals surface area contributed by atoms with Gasteiger partial charge in [0.2, 0.25) is 0 Å². The van der Waals surface area contributed by atoms with Crippen molar-refractivity contribution in [1.29, 1.82) is 5.41 Å². The summed E-state index contributed by atoms with van der Waals surface area (Å²) >= 11 is 0. The van der Waals surface area contributed by atoms with Gasteiger partial charge >= 0.3 is 0 Å². The number of amidine groups is 1. The van der Waals surface area contributed by atoms with Gasteiger partial charge in [0.05, 0.1) is 5.69 Å². The highest BCUT2D eigenvalue weighted by Crippen LogP contribution is 2.10. The quantitative estimate of drug-likeness (QED) is 0.523. The highest BCUT2D eigenvalue weighted by molar-refractivity contribution is 6.01. The Hall–Kier alpha value is -1.91. The third-order valence-corrected chi connectivity index (χ3v) is 2.01. The summed E-state index contributed by atoms with van der Waals surface area (Å²) in [5.41, 5.74) is 7.17. The smallest absolute Gasteiger partial charge is 0.175 e. The average molecular weight is 219 g/mol. The largest absolute Gasteiger partial charge is 0.387 e. The van der Waals surface area contributed by atoms with Crippen LogP contribution in [0.4, 0.5) is 5.82 Å². The van der Waals surface area contributed by atoms with E-state index in [9.17, 15) is 0 Å². The third-order valence-electron chi connectivity index (χ3n) is 2.01. The van der Waals surface area contributed by atoms with Crippen LogP contribution in [0.5, 0.6) is 0 Å². The van der Waals surface area contributed by atoms with Crippen molar-refractivity contribution in [2.24, 2.45) is 10.7 Å². The lowest BCUT2D eigenvalue weighted by Crippen LogP contribution is -2.15. The molecule has 0 spiro atoms. The van der Waals surface area contributed by atoms with Crippen molar-refractivity contribution >= 4 is 23.4 Å². The lowest BCUT2D eigenvalue weighted by atomic mass is 10.2. The number of aliphatic imine (C=N–C) groups is 1. The topological polar surface area (TPSA) is 90.9 Å². The zero-order valence-corrected chi connectivity index (χ0v) is 9.62. The highest BCUT2D eigenvalue weighted by atomic mass is 15.2. The predicted molar refractivity (Wildman–Crippen MR) is 67.2 cm³/mol. The molecule has 0 atom stereocenters. The normalized spacial score (nSPS) is 12.2. The monoisotopic (exact) mass is 219 g/mol. The molecule has 1 heterocycles. The molecule has 0 amide bonds. The van der Waals surface area contributed by atoms with Gasteiger partial charge in [0, 0.05) is 18.2 Å². The number of hydrogen-bond acceptors (Lipinski definition) is 3. The van der Waals surface area contributed by atoms with Gasteiger partial charge in [-0.2, -0.15) is 5.10 Å². The van der Waals surface area contributed by atoms with Gasteiger partial charge in [-0.15, -0.1) is 0 Å². The molecule has 4 N–H and O–H groups in total. The fourth-order valence-electron chi connectivity index (χ4n) is 1.18. The van der Waals surface area contributed by atoms with E-state index in [1.807, 2.05) is 32.1 Å². The number of allylic oxidation sites excluding steroid dienone is 1. The molecule has 86 valence electrons. The van der Waals surface area contributed by atoms with Crippen LogP contribution in [0.1, 0.15) is 32.4 Å². The molecule has 5 nitrogen and oxygen atoms in total. The van der Waals surface area contributed by atoms with Crippen LogP contribution in [0.2, 0.25) is 0 Å². The van der Waals surface area contributed by atoms with E-state index in [2.05, 4.69) is 15.2 Å². The van der Waals surface area contributed by atoms with Gasteiger partial charge in [0.15, 0.2) is 5.82 Å². The molecule has 5 heteroatoms. The Kier molecular flexibility index (Phi) is 4.44. The van der Waals surface area contributed by atoms with E-state index < -0.39 is 0 Å². The Labute approximate surface area is 95.0 Å². The van der Waals surface area contributed by atoms with Gasteiger partial charge in [-0.25, -0.2) is 4.99 Å². The number of aromatic amines is 1. The van der Waals surface area contributed by atoms with E-state index in [1.54, 1.807) is 0 Å². The van der Waals surface area contributed by atoms with Crippen LogP contribution in [-0.4, -0.2) is 21.7 Å². The summed E-state index contributed by atoms with van der Waals surface area (Å²) in [6.07, 6.45) is 4.91. The summed E-state index contributed by atoms with van der Waals surface area (Å²) in [4.78, 5) is 4.13. The standard InChI is InChI=1S/C11H17N5/c1-3-5-9-7-11(16-15-9)14-10(13)6-8(12)4-2/h3,5,7,12H,4,6H2,1-2H3,(H3,13,14,15,16)/b5-3+,12-8?. The maximum Gasteiger partial charge on any atom is 0.175 e. The number of hydrogen-bond donors (Lipinski definition) is 3. The minimum atomic E-state index is 0.405. The lowest BCUT2D eigenvalue weighted by Gasteiger charge is -1.98. The first-order valence-electron chi connectivity index (χ1n) is 5.23. The average Bonchev–Trinajstić information content (AvgIpc) is 2.65. The van der Waals surface area contributed by atoms with E-state index in [-0.39, 0.29) is 0 Å². The molecule has 0 aliphatic carbocycles. The molecule has 0 unspecified atom stereocenters. The second kappa shape index (κ2) is 5.85. The molecular formula is C11H17N5. The van der Waals surface area contributed by atoms with Crippen LogP contribution in [0.25, 0.3) is 6.08 Å². The maximum atomic E-state index is 7.50. The van der Waals surface area contributed by atoms with Crippen LogP contribution in [0.15, 0.2) is 17.1 Å². The van der Waals surface area contributed by atoms with Gasteiger partial charge in [0.25, 0.3) is 0 Å². The van der Waals surface area contributed by atoms with Crippen molar-refractivity contribution in [3.05, 3.63) is 17.8 Å². The third kappa shape index (κ3) is 3.68. The Morgan fingerprint density at radius 2 is 2.44 bits per heavy atom. The minimum Gasteiger partial charge on any atom is -0.387 e. The molecule has 16 heavy (non-hydrogen) atoms. The molecule has 0 saturated heterocycles. The number of nitrogens with two attached hydrogens (primary N) is 1. The van der Waals surface area contributed by atoms with Crippen LogP contribution < -0.4 is 5.73 Å². The minimum absolute atomic E-state index is 0.405. The zero-order valence-electron chi connectivity index (χ0n) is 9.62. The molecular weight excluding hydrogens is 202 g/mol. The maximum absolute atomic E-state index is 7.50. The first-order chi connectivity index (χ1) is 7.65. The summed E-state index contributed by atoms with van der Waals surface area (Å²) in [7, 11) is 0. The molecule has 1 aromatic rings. The molecule has 0 fully saturated rings. The molecule has 0 aromatic carbocycles. The van der Waals surface area contributed by atoms with Crippen molar-refractivity contribution in [1.82, 2.24) is 10.2 Å². The second-order valence-corrected chi connectivity index (χ2v) is 3.42. The molecule has 0 radical (unpaired) electrons. The molecule has 1 aromatic heterocycles. The SMILES string of the molecule is C/C=C/c1cc(N=C(N)CC(=N)CC)n[nH]1. The Morgan fingerprint density at radius 1 is 1.69 bits per heavy atom. The summed E-state index contributed by atoms with van der Waals surface area (Å²) in [5.74, 6) is 0.972. The molecule has 0 saturated carbocycles. The number of rotatable bonds is 5. The zero-order chi connectivity index (χ0) is 12.0. The summed E-state index contributed by atoms with van der Waals surface area (Å²) in [6, 6.07) is 1.81. The fraction of sp³-hybridized carbons (Fsp3) is 0.364. The summed E-state index contributed by atoms with van der Waals surface area (Å²) in [5, 5.41) is 14.3. The molecule has 0 aliphatic rings. The van der Waals surface area contributed by atoms with E-state index in [0.29, 0.717) is 30.2 Å². The van der Waals surface area contributed by atoms with Crippen LogP contribution >= 0.6 is 0 Å². The van der Waals surface area contributed by atoms with Gasteiger partial charge in [-0.3, -0.25) is 5.10 Å². The highest BCUT2D eigenvalue weighted by Gasteiger charge is 2.00. The van der Waals surface area contributed by atoms with Crippen LogP contribution in [-0.2, 0) is 0 Å². The van der Waals surface area contributed by atoms with Crippen LogP contribution in [0.3, 0.4) is 0 Å². The Balaban J connectivity index is 2.70. The summed E-state index contributed by atoms with van der Waals surface area (Å²) in [6.45, 7) is 3.86. The van der Waals surface area contributed by atoms with Gasteiger partial charge < -0.3 is 11.1 Å².